The molecule has 1 fully saturated rings. The second kappa shape index (κ2) is 7.66. The van der Waals surface area contributed by atoms with Crippen molar-refractivity contribution in [1.82, 2.24) is 14.9 Å². The second-order valence-corrected chi connectivity index (χ2v) is 7.55. The molecule has 3 aromatic rings. The Bertz CT molecular complexity index is 1090. The third kappa shape index (κ3) is 3.99. The van der Waals surface area contributed by atoms with Gasteiger partial charge in [-0.1, -0.05) is 19.1 Å². The van der Waals surface area contributed by atoms with Crippen molar-refractivity contribution in [2.24, 2.45) is 11.8 Å². The van der Waals surface area contributed by atoms with E-state index < -0.39 is 11.7 Å². The van der Waals surface area contributed by atoms with Crippen molar-refractivity contribution in [3.05, 3.63) is 59.7 Å². The average Bonchev–Trinajstić information content (AvgIpc) is 3.35. The summed E-state index contributed by atoms with van der Waals surface area (Å²) >= 11 is 0. The zero-order chi connectivity index (χ0) is 20.5. The molecule has 0 radical (unpaired) electrons. The molecular formula is C22H23FN4O2. The molecule has 1 heterocycles. The van der Waals surface area contributed by atoms with Gasteiger partial charge in [0.25, 0.3) is 5.91 Å². The van der Waals surface area contributed by atoms with E-state index in [2.05, 4.69) is 15.6 Å². The monoisotopic (exact) mass is 394 g/mol. The van der Waals surface area contributed by atoms with Crippen LogP contribution in [0, 0.1) is 24.6 Å². The Morgan fingerprint density at radius 1 is 1.24 bits per heavy atom. The highest BCUT2D eigenvalue weighted by Gasteiger charge is 2.39. The third-order valence-electron chi connectivity index (χ3n) is 5.40. The molecule has 1 aliphatic carbocycles. The van der Waals surface area contributed by atoms with Gasteiger partial charge >= 0.3 is 0 Å². The molecule has 1 saturated carbocycles. The second-order valence-electron chi connectivity index (χ2n) is 7.55. The van der Waals surface area contributed by atoms with Crippen LogP contribution in [0.3, 0.4) is 0 Å². The lowest BCUT2D eigenvalue weighted by atomic mass is 10.1. The highest BCUT2D eigenvalue weighted by Crippen LogP contribution is 2.38. The van der Waals surface area contributed by atoms with Crippen LogP contribution in [-0.4, -0.2) is 27.9 Å². The van der Waals surface area contributed by atoms with Gasteiger partial charge in [0.1, 0.15) is 11.6 Å². The van der Waals surface area contributed by atoms with Gasteiger partial charge in [-0.05, 0) is 49.6 Å². The molecule has 2 unspecified atom stereocenters. The molecule has 2 aromatic carbocycles. The number of imidazole rings is 1. The molecule has 150 valence electrons. The third-order valence-corrected chi connectivity index (χ3v) is 5.40. The van der Waals surface area contributed by atoms with E-state index in [-0.39, 0.29) is 17.4 Å². The summed E-state index contributed by atoms with van der Waals surface area (Å²) in [4.78, 5) is 29.4. The molecule has 29 heavy (non-hydrogen) atoms. The molecule has 0 aliphatic heterocycles. The van der Waals surface area contributed by atoms with E-state index in [4.69, 9.17) is 0 Å². The van der Waals surface area contributed by atoms with Gasteiger partial charge in [-0.15, -0.1) is 0 Å². The first kappa shape index (κ1) is 19.1. The van der Waals surface area contributed by atoms with Crippen LogP contribution < -0.4 is 10.6 Å². The van der Waals surface area contributed by atoms with E-state index in [1.165, 1.54) is 12.1 Å². The Morgan fingerprint density at radius 3 is 2.76 bits per heavy atom. The minimum atomic E-state index is -0.524. The predicted molar refractivity (Wildman–Crippen MR) is 109 cm³/mol. The quantitative estimate of drug-likeness (QED) is 0.672. The topological polar surface area (TPSA) is 76.0 Å². The van der Waals surface area contributed by atoms with Gasteiger partial charge in [-0.3, -0.25) is 9.59 Å². The molecule has 1 aromatic heterocycles. The first-order chi connectivity index (χ1) is 13.9. The number of rotatable bonds is 6. The predicted octanol–water partition coefficient (Wildman–Crippen LogP) is 3.51. The van der Waals surface area contributed by atoms with Crippen LogP contribution in [0.25, 0.3) is 11.0 Å². The summed E-state index contributed by atoms with van der Waals surface area (Å²) in [7, 11) is 0. The van der Waals surface area contributed by atoms with Crippen molar-refractivity contribution in [2.75, 3.05) is 11.9 Å². The summed E-state index contributed by atoms with van der Waals surface area (Å²) in [5.74, 6) is 0.0981. The summed E-state index contributed by atoms with van der Waals surface area (Å²) in [6.45, 7) is 4.81. The van der Waals surface area contributed by atoms with E-state index in [1.54, 1.807) is 0 Å². The van der Waals surface area contributed by atoms with Crippen LogP contribution in [0.2, 0.25) is 0 Å². The average molecular weight is 394 g/mol. The first-order valence-corrected chi connectivity index (χ1v) is 9.74. The fraction of sp³-hybridized carbons (Fsp3) is 0.318. The number of para-hydroxylation sites is 2. The summed E-state index contributed by atoms with van der Waals surface area (Å²) in [5, 5.41) is 5.58. The number of benzene rings is 2. The van der Waals surface area contributed by atoms with Crippen molar-refractivity contribution in [3.8, 4) is 0 Å². The Balaban J connectivity index is 1.44. The van der Waals surface area contributed by atoms with E-state index >= 15 is 0 Å². The lowest BCUT2D eigenvalue weighted by Crippen LogP contribution is -2.29. The Morgan fingerprint density at radius 2 is 2.00 bits per heavy atom. The molecule has 1 aliphatic rings. The van der Waals surface area contributed by atoms with Crippen LogP contribution in [0.4, 0.5) is 10.1 Å². The van der Waals surface area contributed by atoms with E-state index in [1.807, 2.05) is 42.7 Å². The Labute approximate surface area is 168 Å². The number of nitrogens with one attached hydrogen (secondary N) is 2. The maximum absolute atomic E-state index is 13.7. The summed E-state index contributed by atoms with van der Waals surface area (Å²) in [5.41, 5.74) is 2.35. The lowest BCUT2D eigenvalue weighted by Gasteiger charge is -2.13. The zero-order valence-electron chi connectivity index (χ0n) is 16.4. The number of nitrogens with zero attached hydrogens (tertiary/aromatic N) is 2. The fourth-order valence-electron chi connectivity index (χ4n) is 3.58. The van der Waals surface area contributed by atoms with Crippen LogP contribution in [0.5, 0.6) is 0 Å². The molecule has 0 saturated heterocycles. The van der Waals surface area contributed by atoms with Gasteiger partial charge in [-0.25, -0.2) is 9.37 Å². The number of hydrogen-bond acceptors (Lipinski definition) is 3. The minimum Gasteiger partial charge on any atom is -0.350 e. The van der Waals surface area contributed by atoms with Crippen molar-refractivity contribution < 1.29 is 14.0 Å². The SMILES string of the molecule is Cc1nc2ccccc2n1CCNC(=O)c1cc(F)ccc1NC(=O)C1CC1C. The standard InChI is InChI=1S/C22H23FN4O2/c1-13-11-16(13)22(29)26-18-8-7-15(23)12-17(18)21(28)24-9-10-27-14(2)25-19-5-3-4-6-20(19)27/h3-8,12-13,16H,9-11H2,1-2H3,(H,24,28)(H,26,29). The fourth-order valence-corrected chi connectivity index (χ4v) is 3.58. The number of fused-ring (bicyclic) bond motifs is 1. The molecule has 6 nitrogen and oxygen atoms in total. The first-order valence-electron chi connectivity index (χ1n) is 9.74. The lowest BCUT2D eigenvalue weighted by molar-refractivity contribution is -0.117. The van der Waals surface area contributed by atoms with Gasteiger partial charge in [0.05, 0.1) is 22.3 Å². The van der Waals surface area contributed by atoms with Crippen LogP contribution in [0.1, 0.15) is 29.5 Å². The van der Waals surface area contributed by atoms with Crippen LogP contribution in [0.15, 0.2) is 42.5 Å². The summed E-state index contributed by atoms with van der Waals surface area (Å²) < 4.78 is 15.8. The smallest absolute Gasteiger partial charge is 0.253 e. The van der Waals surface area contributed by atoms with Crippen molar-refractivity contribution in [1.29, 1.82) is 0 Å². The van der Waals surface area contributed by atoms with Crippen molar-refractivity contribution in [3.63, 3.8) is 0 Å². The number of aryl methyl sites for hydroxylation is 1. The largest absolute Gasteiger partial charge is 0.350 e. The normalized spacial score (nSPS) is 17.9. The summed E-state index contributed by atoms with van der Waals surface area (Å²) in [6, 6.07) is 11.6. The van der Waals surface area contributed by atoms with Crippen LogP contribution in [-0.2, 0) is 11.3 Å². The number of amides is 2. The molecule has 4 rings (SSSR count). The van der Waals surface area contributed by atoms with Gasteiger partial charge in [0.15, 0.2) is 0 Å². The molecule has 7 heteroatoms. The zero-order valence-corrected chi connectivity index (χ0v) is 16.4. The number of anilines is 1. The molecule has 2 N–H and O–H groups in total. The van der Waals surface area contributed by atoms with Gasteiger partial charge < -0.3 is 15.2 Å². The van der Waals surface area contributed by atoms with Gasteiger partial charge in [0.2, 0.25) is 5.91 Å². The number of carbonyl (C=O) groups is 2. The number of aromatic nitrogens is 2. The molecule has 0 spiro atoms. The minimum absolute atomic E-state index is 0.0338. The van der Waals surface area contributed by atoms with Crippen LogP contribution >= 0.6 is 0 Å². The molecule has 0 bridgehead atoms. The molecular weight excluding hydrogens is 371 g/mol. The van der Waals surface area contributed by atoms with E-state index in [0.29, 0.717) is 24.7 Å². The van der Waals surface area contributed by atoms with Crippen molar-refractivity contribution in [2.45, 2.75) is 26.8 Å². The maximum atomic E-state index is 13.7. The Kier molecular flexibility index (Phi) is 5.05. The van der Waals surface area contributed by atoms with E-state index in [9.17, 15) is 14.0 Å². The van der Waals surface area contributed by atoms with Gasteiger partial charge in [-0.2, -0.15) is 0 Å². The molecule has 2 atom stereocenters. The number of halogens is 1. The highest BCUT2D eigenvalue weighted by atomic mass is 19.1. The highest BCUT2D eigenvalue weighted by molar-refractivity contribution is 6.04. The number of hydrogen-bond donors (Lipinski definition) is 2. The maximum Gasteiger partial charge on any atom is 0.253 e. The van der Waals surface area contributed by atoms with E-state index in [0.717, 1.165) is 29.3 Å². The van der Waals surface area contributed by atoms with Gasteiger partial charge in [0, 0.05) is 19.0 Å². The number of carbonyl (C=O) groups excluding carboxylic acids is 2. The molecule has 2 amide bonds. The van der Waals surface area contributed by atoms with Crippen molar-refractivity contribution >= 4 is 28.5 Å². The summed E-state index contributed by atoms with van der Waals surface area (Å²) in [6.07, 6.45) is 0.840. The Hall–Kier alpha value is -3.22.